The third kappa shape index (κ3) is 3.88. The summed E-state index contributed by atoms with van der Waals surface area (Å²) in [5.74, 6) is 0.374. The van der Waals surface area contributed by atoms with Gasteiger partial charge in [-0.3, -0.25) is 14.4 Å². The van der Waals surface area contributed by atoms with E-state index in [0.717, 1.165) is 11.1 Å². The van der Waals surface area contributed by atoms with Gasteiger partial charge in [0.25, 0.3) is 11.8 Å². The number of hydrogen-bond donors (Lipinski definition) is 0. The van der Waals surface area contributed by atoms with Crippen LogP contribution in [0.5, 0.6) is 0 Å². The second kappa shape index (κ2) is 8.54. The van der Waals surface area contributed by atoms with E-state index in [1.165, 1.54) is 16.7 Å². The van der Waals surface area contributed by atoms with Crippen LogP contribution in [0.25, 0.3) is 0 Å². The van der Waals surface area contributed by atoms with E-state index in [0.29, 0.717) is 28.1 Å². The average Bonchev–Trinajstić information content (AvgIpc) is 2.92. The van der Waals surface area contributed by atoms with Gasteiger partial charge in [-0.15, -0.1) is 0 Å². The fraction of sp³-hybridized carbons (Fsp3) is 0.375. The third-order valence-electron chi connectivity index (χ3n) is 5.21. The molecule has 29 heavy (non-hydrogen) atoms. The third-order valence-corrected chi connectivity index (χ3v) is 5.96. The van der Waals surface area contributed by atoms with Crippen molar-refractivity contribution in [1.29, 1.82) is 0 Å². The van der Waals surface area contributed by atoms with E-state index in [1.807, 2.05) is 25.1 Å². The highest BCUT2D eigenvalue weighted by atomic mass is 32.2. The van der Waals surface area contributed by atoms with Crippen LogP contribution in [0.1, 0.15) is 83.9 Å². The molecule has 2 amide bonds. The molecule has 0 saturated heterocycles. The number of imide groups is 1. The van der Waals surface area contributed by atoms with Crippen LogP contribution in [-0.4, -0.2) is 22.7 Å². The van der Waals surface area contributed by atoms with Crippen LogP contribution in [0.15, 0.2) is 36.4 Å². The molecule has 0 bridgehead atoms. The number of nitrogens with zero attached hydrogens (tertiary/aromatic N) is 1. The first-order valence-electron chi connectivity index (χ1n) is 10.1. The second-order valence-corrected chi connectivity index (χ2v) is 9.18. The molecule has 0 atom stereocenters. The number of rotatable bonds is 6. The maximum Gasteiger partial charge on any atom is 0.266 e. The number of carbonyl (C=O) groups is 3. The Morgan fingerprint density at radius 1 is 0.931 bits per heavy atom. The van der Waals surface area contributed by atoms with Crippen molar-refractivity contribution >= 4 is 34.4 Å². The van der Waals surface area contributed by atoms with Crippen LogP contribution in [0.2, 0.25) is 0 Å². The maximum absolute atomic E-state index is 13.5. The highest BCUT2D eigenvalue weighted by Crippen LogP contribution is 2.40. The zero-order valence-corrected chi connectivity index (χ0v) is 18.4. The molecule has 1 aliphatic heterocycles. The standard InChI is InChI=1S/C24H27NO3S/c1-6-29-20(26)13-16-9-7-12-19-21(16)24(28)25(23(19)27)22-17(14(2)3)10-8-11-18(22)15(4)5/h7-12,14-15H,6,13H2,1-5H3. The molecule has 0 N–H and O–H groups in total. The van der Waals surface area contributed by atoms with Gasteiger partial charge >= 0.3 is 0 Å². The van der Waals surface area contributed by atoms with E-state index in [1.54, 1.807) is 18.2 Å². The molecular weight excluding hydrogens is 382 g/mol. The van der Waals surface area contributed by atoms with Crippen molar-refractivity contribution in [3.63, 3.8) is 0 Å². The van der Waals surface area contributed by atoms with Gasteiger partial charge in [-0.1, -0.05) is 76.7 Å². The molecular formula is C24H27NO3S. The van der Waals surface area contributed by atoms with Crippen LogP contribution in [0.4, 0.5) is 5.69 Å². The first kappa shape index (κ1) is 21.3. The number of carbonyl (C=O) groups excluding carboxylic acids is 3. The van der Waals surface area contributed by atoms with E-state index in [9.17, 15) is 14.4 Å². The zero-order valence-electron chi connectivity index (χ0n) is 17.6. The van der Waals surface area contributed by atoms with Gasteiger partial charge in [0.05, 0.1) is 16.8 Å². The first-order valence-corrected chi connectivity index (χ1v) is 11.1. The van der Waals surface area contributed by atoms with Gasteiger partial charge in [0.15, 0.2) is 5.12 Å². The lowest BCUT2D eigenvalue weighted by molar-refractivity contribution is -0.110. The van der Waals surface area contributed by atoms with Crippen molar-refractivity contribution in [2.24, 2.45) is 0 Å². The molecule has 0 saturated carbocycles. The number of benzene rings is 2. The SMILES string of the molecule is CCSC(=O)Cc1cccc2c1C(=O)N(c1c(C(C)C)cccc1C(C)C)C2=O. The fourth-order valence-corrected chi connectivity index (χ4v) is 4.42. The molecule has 1 aliphatic rings. The number of fused-ring (bicyclic) bond motifs is 1. The fourth-order valence-electron chi connectivity index (χ4n) is 3.84. The quantitative estimate of drug-likeness (QED) is 0.587. The van der Waals surface area contributed by atoms with Crippen molar-refractivity contribution in [3.8, 4) is 0 Å². The average molecular weight is 410 g/mol. The van der Waals surface area contributed by atoms with Gasteiger partial charge in [-0.25, -0.2) is 4.90 Å². The molecule has 152 valence electrons. The first-order chi connectivity index (χ1) is 13.8. The van der Waals surface area contributed by atoms with E-state index in [2.05, 4.69) is 27.7 Å². The summed E-state index contributed by atoms with van der Waals surface area (Å²) < 4.78 is 0. The number of hydrogen-bond acceptors (Lipinski definition) is 4. The Hall–Kier alpha value is -2.40. The number of amides is 2. The minimum Gasteiger partial charge on any atom is -0.287 e. The molecule has 5 heteroatoms. The van der Waals surface area contributed by atoms with Crippen molar-refractivity contribution in [1.82, 2.24) is 0 Å². The van der Waals surface area contributed by atoms with Crippen LogP contribution in [0.3, 0.4) is 0 Å². The van der Waals surface area contributed by atoms with E-state index >= 15 is 0 Å². The van der Waals surface area contributed by atoms with Gasteiger partial charge in [-0.05, 0) is 40.3 Å². The van der Waals surface area contributed by atoms with E-state index in [-0.39, 0.29) is 35.2 Å². The zero-order chi connectivity index (χ0) is 21.3. The van der Waals surface area contributed by atoms with Gasteiger partial charge in [-0.2, -0.15) is 0 Å². The molecule has 0 unspecified atom stereocenters. The van der Waals surface area contributed by atoms with Crippen LogP contribution < -0.4 is 4.90 Å². The lowest BCUT2D eigenvalue weighted by Crippen LogP contribution is -2.32. The Labute approximate surface area is 176 Å². The molecule has 2 aromatic rings. The monoisotopic (exact) mass is 409 g/mol. The van der Waals surface area contributed by atoms with Crippen LogP contribution in [0, 0.1) is 0 Å². The summed E-state index contributed by atoms with van der Waals surface area (Å²) in [5.41, 5.74) is 4.03. The molecule has 0 aliphatic carbocycles. The molecule has 0 spiro atoms. The van der Waals surface area contributed by atoms with E-state index < -0.39 is 0 Å². The van der Waals surface area contributed by atoms with Gasteiger partial charge in [0.2, 0.25) is 0 Å². The number of thioether (sulfide) groups is 1. The smallest absolute Gasteiger partial charge is 0.266 e. The van der Waals surface area contributed by atoms with Gasteiger partial charge < -0.3 is 0 Å². The Kier molecular flexibility index (Phi) is 6.27. The Morgan fingerprint density at radius 3 is 2.07 bits per heavy atom. The number of anilines is 1. The summed E-state index contributed by atoms with van der Waals surface area (Å²) in [6.45, 7) is 10.2. The highest BCUT2D eigenvalue weighted by molar-refractivity contribution is 8.13. The largest absolute Gasteiger partial charge is 0.287 e. The maximum atomic E-state index is 13.5. The minimum atomic E-state index is -0.329. The summed E-state index contributed by atoms with van der Waals surface area (Å²) in [4.78, 5) is 40.4. The lowest BCUT2D eigenvalue weighted by Gasteiger charge is -2.25. The minimum absolute atomic E-state index is 0.00467. The summed E-state index contributed by atoms with van der Waals surface area (Å²) in [7, 11) is 0. The molecule has 0 aromatic heterocycles. The van der Waals surface area contributed by atoms with Crippen LogP contribution >= 0.6 is 11.8 Å². The van der Waals surface area contributed by atoms with Crippen molar-refractivity contribution < 1.29 is 14.4 Å². The highest BCUT2D eigenvalue weighted by Gasteiger charge is 2.40. The van der Waals surface area contributed by atoms with Crippen molar-refractivity contribution in [2.45, 2.75) is 52.9 Å². The van der Waals surface area contributed by atoms with E-state index in [4.69, 9.17) is 0 Å². The molecule has 0 radical (unpaired) electrons. The predicted octanol–water partition coefficient (Wildman–Crippen LogP) is 5.56. The molecule has 1 heterocycles. The molecule has 2 aromatic carbocycles. The summed E-state index contributed by atoms with van der Waals surface area (Å²) in [5, 5.41) is 0.00467. The van der Waals surface area contributed by atoms with Gasteiger partial charge in [0.1, 0.15) is 0 Å². The summed E-state index contributed by atoms with van der Waals surface area (Å²) in [6.07, 6.45) is 0.150. The summed E-state index contributed by atoms with van der Waals surface area (Å²) in [6, 6.07) is 11.2. The molecule has 3 rings (SSSR count). The molecule has 4 nitrogen and oxygen atoms in total. The van der Waals surface area contributed by atoms with Crippen LogP contribution in [-0.2, 0) is 11.2 Å². The lowest BCUT2D eigenvalue weighted by atomic mass is 9.92. The van der Waals surface area contributed by atoms with Gasteiger partial charge in [0, 0.05) is 6.42 Å². The topological polar surface area (TPSA) is 54.5 Å². The Balaban J connectivity index is 2.14. The normalized spacial score (nSPS) is 13.6. The Morgan fingerprint density at radius 2 is 1.52 bits per heavy atom. The van der Waals surface area contributed by atoms with Crippen molar-refractivity contribution in [3.05, 3.63) is 64.2 Å². The predicted molar refractivity (Wildman–Crippen MR) is 119 cm³/mol. The summed E-state index contributed by atoms with van der Waals surface area (Å²) >= 11 is 1.23. The van der Waals surface area contributed by atoms with Crippen molar-refractivity contribution in [2.75, 3.05) is 10.7 Å². The number of para-hydroxylation sites is 1. The Bertz CT molecular complexity index is 952. The second-order valence-electron chi connectivity index (χ2n) is 7.86. The molecule has 0 fully saturated rings.